The average Bonchev–Trinajstić information content (AvgIpc) is 3.26. The van der Waals surface area contributed by atoms with Gasteiger partial charge < -0.3 is 10.1 Å². The number of benzene rings is 1. The van der Waals surface area contributed by atoms with Crippen LogP contribution in [0.5, 0.6) is 0 Å². The van der Waals surface area contributed by atoms with Gasteiger partial charge in [-0.25, -0.2) is 0 Å². The number of pyridine rings is 1. The number of carbonyl (C=O) groups is 1. The van der Waals surface area contributed by atoms with Gasteiger partial charge >= 0.3 is 0 Å². The zero-order valence-corrected chi connectivity index (χ0v) is 15.5. The molecule has 27 heavy (non-hydrogen) atoms. The molecule has 0 unspecified atom stereocenters. The van der Waals surface area contributed by atoms with E-state index in [1.807, 2.05) is 25.1 Å². The third kappa shape index (κ3) is 2.64. The first kappa shape index (κ1) is 16.8. The molecule has 140 valence electrons. The Morgan fingerprint density at radius 1 is 1.26 bits per heavy atom. The molecule has 3 atom stereocenters. The summed E-state index contributed by atoms with van der Waals surface area (Å²) in [5, 5.41) is 3.08. The molecule has 5 nitrogen and oxygen atoms in total. The molecule has 2 aliphatic carbocycles. The molecule has 1 aliphatic heterocycles. The van der Waals surface area contributed by atoms with E-state index in [0.717, 1.165) is 50.0 Å². The Morgan fingerprint density at radius 2 is 2.15 bits per heavy atom. The predicted octanol–water partition coefficient (Wildman–Crippen LogP) is 2.54. The molecule has 1 amide bonds. The van der Waals surface area contributed by atoms with E-state index in [0.29, 0.717) is 5.92 Å². The standard InChI is InChI=1S/C22H24N2O3/c1-13-8-10-24(18-7-3-5-14-4-2-6-15(14)18)22(26)20(13)21(25)23-17-12-19-16(17)9-11-27-19/h3,5,7-8,10,16-17,19H,2,4,6,9,11-12H2,1H3,(H,23,25)/t16-,17+,19+/m0/s1. The molecule has 2 fully saturated rings. The fourth-order valence-corrected chi connectivity index (χ4v) is 4.92. The largest absolute Gasteiger partial charge is 0.378 e. The van der Waals surface area contributed by atoms with Crippen molar-refractivity contribution in [3.63, 3.8) is 0 Å². The second-order valence-corrected chi connectivity index (χ2v) is 7.99. The summed E-state index contributed by atoms with van der Waals surface area (Å²) in [6.07, 6.45) is 7.09. The molecule has 1 saturated heterocycles. The van der Waals surface area contributed by atoms with Gasteiger partial charge in [-0.2, -0.15) is 0 Å². The Hall–Kier alpha value is -2.40. The minimum absolute atomic E-state index is 0.124. The number of hydrogen-bond donors (Lipinski definition) is 1. The second kappa shape index (κ2) is 6.34. The Bertz CT molecular complexity index is 978. The quantitative estimate of drug-likeness (QED) is 0.911. The van der Waals surface area contributed by atoms with Crippen LogP contribution >= 0.6 is 0 Å². The van der Waals surface area contributed by atoms with E-state index in [1.165, 1.54) is 11.1 Å². The van der Waals surface area contributed by atoms with E-state index in [4.69, 9.17) is 4.74 Å². The van der Waals surface area contributed by atoms with E-state index < -0.39 is 0 Å². The number of rotatable bonds is 3. The molecule has 0 bridgehead atoms. The summed E-state index contributed by atoms with van der Waals surface area (Å²) in [6, 6.07) is 8.11. The number of ether oxygens (including phenoxy) is 1. The number of fused-ring (bicyclic) bond motifs is 2. The van der Waals surface area contributed by atoms with Crippen molar-refractivity contribution < 1.29 is 9.53 Å². The van der Waals surface area contributed by atoms with Gasteiger partial charge in [-0.15, -0.1) is 0 Å². The first-order valence-electron chi connectivity index (χ1n) is 9.89. The number of nitrogens with zero attached hydrogens (tertiary/aromatic N) is 1. The summed E-state index contributed by atoms with van der Waals surface area (Å²) in [7, 11) is 0. The van der Waals surface area contributed by atoms with Crippen molar-refractivity contribution in [2.24, 2.45) is 5.92 Å². The van der Waals surface area contributed by atoms with Crippen LogP contribution in [0.2, 0.25) is 0 Å². The lowest BCUT2D eigenvalue weighted by Gasteiger charge is -2.39. The fourth-order valence-electron chi connectivity index (χ4n) is 4.92. The van der Waals surface area contributed by atoms with Gasteiger partial charge in [-0.1, -0.05) is 12.1 Å². The highest BCUT2D eigenvalue weighted by molar-refractivity contribution is 5.95. The molecule has 5 rings (SSSR count). The average molecular weight is 364 g/mol. The normalized spacial score (nSPS) is 25.6. The van der Waals surface area contributed by atoms with Crippen LogP contribution in [0.1, 0.15) is 46.3 Å². The van der Waals surface area contributed by atoms with Crippen LogP contribution in [0, 0.1) is 12.8 Å². The minimum atomic E-state index is -0.255. The van der Waals surface area contributed by atoms with Crippen molar-refractivity contribution in [1.82, 2.24) is 9.88 Å². The van der Waals surface area contributed by atoms with Gasteiger partial charge in [0.15, 0.2) is 0 Å². The lowest BCUT2D eigenvalue weighted by atomic mass is 9.76. The topological polar surface area (TPSA) is 60.3 Å². The van der Waals surface area contributed by atoms with Gasteiger partial charge in [0.05, 0.1) is 11.8 Å². The number of hydrogen-bond acceptors (Lipinski definition) is 3. The Balaban J connectivity index is 1.49. The highest BCUT2D eigenvalue weighted by Crippen LogP contribution is 2.38. The molecule has 0 radical (unpaired) electrons. The van der Waals surface area contributed by atoms with Crippen molar-refractivity contribution in [1.29, 1.82) is 0 Å². The summed E-state index contributed by atoms with van der Waals surface area (Å²) >= 11 is 0. The smallest absolute Gasteiger partial charge is 0.268 e. The number of carbonyl (C=O) groups excluding carboxylic acids is 1. The van der Waals surface area contributed by atoms with Crippen molar-refractivity contribution in [2.75, 3.05) is 6.61 Å². The third-order valence-electron chi connectivity index (χ3n) is 6.49. The Kier molecular flexibility index (Phi) is 3.93. The first-order valence-corrected chi connectivity index (χ1v) is 9.89. The van der Waals surface area contributed by atoms with Crippen LogP contribution in [0.3, 0.4) is 0 Å². The zero-order chi connectivity index (χ0) is 18.5. The second-order valence-electron chi connectivity index (χ2n) is 7.99. The monoisotopic (exact) mass is 364 g/mol. The summed E-state index contributed by atoms with van der Waals surface area (Å²) in [4.78, 5) is 26.2. The highest BCUT2D eigenvalue weighted by atomic mass is 16.5. The number of amides is 1. The molecule has 1 N–H and O–H groups in total. The maximum Gasteiger partial charge on any atom is 0.268 e. The summed E-state index contributed by atoms with van der Waals surface area (Å²) in [5.74, 6) is 0.146. The van der Waals surface area contributed by atoms with E-state index in [-0.39, 0.29) is 29.2 Å². The summed E-state index contributed by atoms with van der Waals surface area (Å²) in [6.45, 7) is 2.61. The van der Waals surface area contributed by atoms with Gasteiger partial charge in [-0.3, -0.25) is 14.2 Å². The molecule has 1 saturated carbocycles. The lowest BCUT2D eigenvalue weighted by Crippen LogP contribution is -2.54. The van der Waals surface area contributed by atoms with Crippen LogP contribution in [-0.2, 0) is 17.6 Å². The van der Waals surface area contributed by atoms with Gasteiger partial charge in [0, 0.05) is 24.8 Å². The van der Waals surface area contributed by atoms with E-state index in [1.54, 1.807) is 10.8 Å². The van der Waals surface area contributed by atoms with Gasteiger partial charge in [0.1, 0.15) is 5.56 Å². The molecule has 1 aromatic heterocycles. The molecule has 2 aromatic rings. The van der Waals surface area contributed by atoms with Crippen molar-refractivity contribution in [3.05, 3.63) is 63.1 Å². The van der Waals surface area contributed by atoms with Crippen LogP contribution in [-0.4, -0.2) is 29.2 Å². The van der Waals surface area contributed by atoms with Gasteiger partial charge in [0.25, 0.3) is 11.5 Å². The van der Waals surface area contributed by atoms with Crippen LogP contribution in [0.15, 0.2) is 35.3 Å². The van der Waals surface area contributed by atoms with Crippen molar-refractivity contribution in [3.8, 4) is 5.69 Å². The molecule has 3 aliphatic rings. The van der Waals surface area contributed by atoms with E-state index in [2.05, 4.69) is 11.4 Å². The number of aryl methyl sites for hydroxylation is 2. The minimum Gasteiger partial charge on any atom is -0.378 e. The molecular formula is C22H24N2O3. The number of aromatic nitrogens is 1. The predicted molar refractivity (Wildman–Crippen MR) is 103 cm³/mol. The van der Waals surface area contributed by atoms with Gasteiger partial charge in [-0.05, 0) is 67.9 Å². The number of nitrogens with one attached hydrogen (secondary N) is 1. The maximum absolute atomic E-state index is 13.2. The summed E-state index contributed by atoms with van der Waals surface area (Å²) < 4.78 is 7.27. The van der Waals surface area contributed by atoms with E-state index in [9.17, 15) is 9.59 Å². The fraction of sp³-hybridized carbons (Fsp3) is 0.455. The van der Waals surface area contributed by atoms with Crippen LogP contribution < -0.4 is 10.9 Å². The maximum atomic E-state index is 13.2. The molecule has 1 aromatic carbocycles. The van der Waals surface area contributed by atoms with E-state index >= 15 is 0 Å². The molecule has 2 heterocycles. The Labute approximate surface area is 158 Å². The lowest BCUT2D eigenvalue weighted by molar-refractivity contribution is 0.00806. The SMILES string of the molecule is Cc1ccn(-c2cccc3c2CCC3)c(=O)c1C(=O)N[C@@H]1C[C@H]2OCC[C@@H]12. The van der Waals surface area contributed by atoms with Crippen molar-refractivity contribution >= 4 is 5.91 Å². The first-order chi connectivity index (χ1) is 13.1. The summed E-state index contributed by atoms with van der Waals surface area (Å²) in [5.41, 5.74) is 4.21. The van der Waals surface area contributed by atoms with Crippen molar-refractivity contribution in [2.45, 2.75) is 51.2 Å². The van der Waals surface area contributed by atoms with Crippen LogP contribution in [0.4, 0.5) is 0 Å². The van der Waals surface area contributed by atoms with Crippen LogP contribution in [0.25, 0.3) is 5.69 Å². The molecule has 5 heteroatoms. The zero-order valence-electron chi connectivity index (χ0n) is 15.5. The molecular weight excluding hydrogens is 340 g/mol. The van der Waals surface area contributed by atoms with Gasteiger partial charge in [0.2, 0.25) is 0 Å². The Morgan fingerprint density at radius 3 is 3.00 bits per heavy atom. The highest BCUT2D eigenvalue weighted by Gasteiger charge is 2.46. The molecule has 0 spiro atoms. The third-order valence-corrected chi connectivity index (χ3v) is 6.49.